The van der Waals surface area contributed by atoms with E-state index in [2.05, 4.69) is 32.8 Å². The SMILES string of the molecule is CCCc1c(C(C)(C)C)c(=O)[nH]n1-c1ccc(OC)cc1. The van der Waals surface area contributed by atoms with Gasteiger partial charge in [-0.25, -0.2) is 0 Å². The highest BCUT2D eigenvalue weighted by atomic mass is 16.5. The zero-order chi connectivity index (χ0) is 15.6. The molecule has 0 saturated heterocycles. The minimum atomic E-state index is -0.171. The smallest absolute Gasteiger partial charge is 0.268 e. The molecule has 0 unspecified atom stereocenters. The molecule has 1 N–H and O–H groups in total. The van der Waals surface area contributed by atoms with Crippen molar-refractivity contribution in [2.45, 2.75) is 46.0 Å². The van der Waals surface area contributed by atoms with Crippen LogP contribution in [0.4, 0.5) is 0 Å². The molecule has 1 aromatic carbocycles. The van der Waals surface area contributed by atoms with E-state index in [9.17, 15) is 4.79 Å². The van der Waals surface area contributed by atoms with E-state index in [1.165, 1.54) is 0 Å². The molecule has 0 bridgehead atoms. The number of aromatic nitrogens is 2. The summed E-state index contributed by atoms with van der Waals surface area (Å²) in [6.07, 6.45) is 1.87. The Morgan fingerprint density at radius 3 is 2.29 bits per heavy atom. The summed E-state index contributed by atoms with van der Waals surface area (Å²) < 4.78 is 7.09. The summed E-state index contributed by atoms with van der Waals surface area (Å²) in [5.74, 6) is 0.807. The molecule has 2 rings (SSSR count). The molecule has 0 fully saturated rings. The summed E-state index contributed by atoms with van der Waals surface area (Å²) >= 11 is 0. The second-order valence-corrected chi connectivity index (χ2v) is 6.30. The van der Waals surface area contributed by atoms with Crippen LogP contribution in [0.5, 0.6) is 5.75 Å². The molecule has 4 nitrogen and oxygen atoms in total. The average molecular weight is 288 g/mol. The second-order valence-electron chi connectivity index (χ2n) is 6.30. The van der Waals surface area contributed by atoms with Crippen LogP contribution in [0.3, 0.4) is 0 Å². The fourth-order valence-electron chi connectivity index (χ4n) is 2.67. The zero-order valence-corrected chi connectivity index (χ0v) is 13.5. The summed E-state index contributed by atoms with van der Waals surface area (Å²) in [6.45, 7) is 8.36. The van der Waals surface area contributed by atoms with Crippen LogP contribution in [0.1, 0.15) is 45.4 Å². The Morgan fingerprint density at radius 1 is 1.19 bits per heavy atom. The van der Waals surface area contributed by atoms with Gasteiger partial charge in [0.2, 0.25) is 0 Å². The van der Waals surface area contributed by atoms with E-state index in [-0.39, 0.29) is 11.0 Å². The van der Waals surface area contributed by atoms with Crippen LogP contribution >= 0.6 is 0 Å². The molecular formula is C17H24N2O2. The first-order valence-electron chi connectivity index (χ1n) is 7.37. The van der Waals surface area contributed by atoms with Crippen molar-refractivity contribution in [3.63, 3.8) is 0 Å². The molecule has 21 heavy (non-hydrogen) atoms. The minimum Gasteiger partial charge on any atom is -0.497 e. The topological polar surface area (TPSA) is 47.0 Å². The summed E-state index contributed by atoms with van der Waals surface area (Å²) in [6, 6.07) is 7.72. The molecule has 0 spiro atoms. The standard InChI is InChI=1S/C17H24N2O2/c1-6-7-14-15(17(2,3)4)16(20)18-19(14)12-8-10-13(21-5)11-9-12/h8-11H,6-7H2,1-5H3,(H,18,20). The van der Waals surface area contributed by atoms with E-state index in [4.69, 9.17) is 4.74 Å². The lowest BCUT2D eigenvalue weighted by Crippen LogP contribution is -2.22. The van der Waals surface area contributed by atoms with Gasteiger partial charge in [-0.3, -0.25) is 14.6 Å². The number of hydrogen-bond donors (Lipinski definition) is 1. The van der Waals surface area contributed by atoms with Gasteiger partial charge in [-0.05, 0) is 36.1 Å². The van der Waals surface area contributed by atoms with E-state index in [1.54, 1.807) is 7.11 Å². The molecule has 1 aromatic heterocycles. The third-order valence-electron chi connectivity index (χ3n) is 3.57. The first-order valence-corrected chi connectivity index (χ1v) is 7.37. The van der Waals surface area contributed by atoms with Crippen molar-refractivity contribution in [1.29, 1.82) is 0 Å². The maximum absolute atomic E-state index is 12.4. The Bertz CT molecular complexity index is 658. The molecule has 0 atom stereocenters. The molecule has 0 radical (unpaired) electrons. The summed E-state index contributed by atoms with van der Waals surface area (Å²) in [4.78, 5) is 12.4. The van der Waals surface area contributed by atoms with E-state index in [1.807, 2.05) is 28.9 Å². The molecule has 1 heterocycles. The lowest BCUT2D eigenvalue weighted by atomic mass is 9.86. The Kier molecular flexibility index (Phi) is 4.26. The van der Waals surface area contributed by atoms with Gasteiger partial charge in [0.1, 0.15) is 5.75 Å². The maximum Gasteiger partial charge on any atom is 0.268 e. The van der Waals surface area contributed by atoms with Crippen molar-refractivity contribution in [2.24, 2.45) is 0 Å². The summed E-state index contributed by atoms with van der Waals surface area (Å²) in [7, 11) is 1.65. The van der Waals surface area contributed by atoms with Crippen molar-refractivity contribution in [1.82, 2.24) is 9.78 Å². The molecular weight excluding hydrogens is 264 g/mol. The fraction of sp³-hybridized carbons (Fsp3) is 0.471. The number of nitrogens with zero attached hydrogens (tertiary/aromatic N) is 1. The van der Waals surface area contributed by atoms with Crippen LogP contribution in [0, 0.1) is 0 Å². The van der Waals surface area contributed by atoms with Crippen LogP contribution in [0.2, 0.25) is 0 Å². The van der Waals surface area contributed by atoms with Crippen molar-refractivity contribution in [3.05, 3.63) is 45.9 Å². The van der Waals surface area contributed by atoms with E-state index in [0.29, 0.717) is 0 Å². The zero-order valence-electron chi connectivity index (χ0n) is 13.5. The number of benzene rings is 1. The maximum atomic E-state index is 12.4. The van der Waals surface area contributed by atoms with Crippen molar-refractivity contribution in [3.8, 4) is 11.4 Å². The number of ether oxygens (including phenoxy) is 1. The van der Waals surface area contributed by atoms with Gasteiger partial charge in [0.15, 0.2) is 0 Å². The number of hydrogen-bond acceptors (Lipinski definition) is 2. The third-order valence-corrected chi connectivity index (χ3v) is 3.57. The molecule has 114 valence electrons. The largest absolute Gasteiger partial charge is 0.497 e. The van der Waals surface area contributed by atoms with Gasteiger partial charge in [0, 0.05) is 11.3 Å². The normalized spacial score (nSPS) is 11.7. The number of rotatable bonds is 4. The highest BCUT2D eigenvalue weighted by molar-refractivity contribution is 5.40. The first kappa shape index (κ1) is 15.4. The molecule has 2 aromatic rings. The third kappa shape index (κ3) is 3.04. The van der Waals surface area contributed by atoms with Gasteiger partial charge in [-0.15, -0.1) is 0 Å². The minimum absolute atomic E-state index is 0.00164. The summed E-state index contributed by atoms with van der Waals surface area (Å²) in [5, 5.41) is 2.98. The van der Waals surface area contributed by atoms with Gasteiger partial charge in [-0.2, -0.15) is 0 Å². The molecule has 0 aliphatic rings. The van der Waals surface area contributed by atoms with Crippen LogP contribution in [-0.4, -0.2) is 16.9 Å². The predicted molar refractivity (Wildman–Crippen MR) is 85.6 cm³/mol. The van der Waals surface area contributed by atoms with Gasteiger partial charge in [-0.1, -0.05) is 34.1 Å². The molecule has 0 saturated carbocycles. The number of methoxy groups -OCH3 is 1. The predicted octanol–water partition coefficient (Wildman–Crippen LogP) is 3.42. The summed E-state index contributed by atoms with van der Waals surface area (Å²) in [5.41, 5.74) is 2.73. The molecule has 4 heteroatoms. The van der Waals surface area contributed by atoms with E-state index < -0.39 is 0 Å². The van der Waals surface area contributed by atoms with Crippen LogP contribution in [0.25, 0.3) is 5.69 Å². The van der Waals surface area contributed by atoms with Crippen molar-refractivity contribution >= 4 is 0 Å². The van der Waals surface area contributed by atoms with Crippen molar-refractivity contribution in [2.75, 3.05) is 7.11 Å². The van der Waals surface area contributed by atoms with E-state index in [0.717, 1.165) is 35.5 Å². The number of nitrogens with one attached hydrogen (secondary N) is 1. The second kappa shape index (κ2) is 5.80. The number of H-pyrrole nitrogens is 1. The van der Waals surface area contributed by atoms with Crippen LogP contribution < -0.4 is 10.3 Å². The first-order chi connectivity index (χ1) is 9.88. The number of aromatic amines is 1. The van der Waals surface area contributed by atoms with E-state index >= 15 is 0 Å². The Labute approximate surface area is 125 Å². The quantitative estimate of drug-likeness (QED) is 0.937. The Morgan fingerprint density at radius 2 is 1.81 bits per heavy atom. The van der Waals surface area contributed by atoms with Crippen LogP contribution in [-0.2, 0) is 11.8 Å². The highest BCUT2D eigenvalue weighted by Gasteiger charge is 2.25. The fourth-order valence-corrected chi connectivity index (χ4v) is 2.67. The molecule has 0 aliphatic heterocycles. The lowest BCUT2D eigenvalue weighted by Gasteiger charge is -2.19. The highest BCUT2D eigenvalue weighted by Crippen LogP contribution is 2.26. The Balaban J connectivity index is 2.60. The monoisotopic (exact) mass is 288 g/mol. The van der Waals surface area contributed by atoms with Gasteiger partial charge in [0.25, 0.3) is 5.56 Å². The van der Waals surface area contributed by atoms with Crippen LogP contribution in [0.15, 0.2) is 29.1 Å². The lowest BCUT2D eigenvalue weighted by molar-refractivity contribution is 0.414. The van der Waals surface area contributed by atoms with Gasteiger partial charge < -0.3 is 4.74 Å². The average Bonchev–Trinajstić information content (AvgIpc) is 2.76. The van der Waals surface area contributed by atoms with Crippen molar-refractivity contribution < 1.29 is 4.74 Å². The Hall–Kier alpha value is -1.97. The van der Waals surface area contributed by atoms with Gasteiger partial charge in [0.05, 0.1) is 12.8 Å². The molecule has 0 aliphatic carbocycles. The van der Waals surface area contributed by atoms with Gasteiger partial charge >= 0.3 is 0 Å². The molecule has 0 amide bonds.